The Morgan fingerprint density at radius 1 is 1.09 bits per heavy atom. The Kier molecular flexibility index (Phi) is 5.21. The number of hydrazone groups is 1. The highest BCUT2D eigenvalue weighted by atomic mass is 35.5. The lowest BCUT2D eigenvalue weighted by molar-refractivity contribution is -0.393. The number of halogens is 1. The van der Waals surface area contributed by atoms with Gasteiger partial charge in [-0.05, 0) is 11.6 Å². The van der Waals surface area contributed by atoms with Crippen molar-refractivity contribution < 1.29 is 9.85 Å². The van der Waals surface area contributed by atoms with Crippen LogP contribution in [-0.4, -0.2) is 21.4 Å². The first-order chi connectivity index (χ1) is 11.0. The molecule has 0 aliphatic heterocycles. The second-order valence-corrected chi connectivity index (χ2v) is 4.65. The van der Waals surface area contributed by atoms with E-state index < -0.39 is 15.5 Å². The molecule has 0 aromatic heterocycles. The summed E-state index contributed by atoms with van der Waals surface area (Å²) < 4.78 is 0. The van der Waals surface area contributed by atoms with Crippen LogP contribution in [0.5, 0.6) is 0 Å². The van der Waals surface area contributed by atoms with Crippen LogP contribution >= 0.6 is 11.6 Å². The summed E-state index contributed by atoms with van der Waals surface area (Å²) in [7, 11) is 0. The molecule has 0 spiro atoms. The van der Waals surface area contributed by atoms with E-state index in [9.17, 15) is 20.2 Å². The number of nitro benzene ring substituents is 2. The van der Waals surface area contributed by atoms with E-state index in [4.69, 9.17) is 11.6 Å². The Morgan fingerprint density at radius 3 is 2.35 bits per heavy atom. The van der Waals surface area contributed by atoms with E-state index in [1.807, 2.05) is 18.2 Å². The van der Waals surface area contributed by atoms with Crippen molar-refractivity contribution in [2.75, 3.05) is 11.3 Å². The average Bonchev–Trinajstić information content (AvgIpc) is 2.56. The molecule has 23 heavy (non-hydrogen) atoms. The molecular formula is C14H11ClN4O4. The summed E-state index contributed by atoms with van der Waals surface area (Å²) in [5.74, 6) is 0.0950. The van der Waals surface area contributed by atoms with Crippen LogP contribution in [0, 0.1) is 20.2 Å². The summed E-state index contributed by atoms with van der Waals surface area (Å²) in [5, 5.41) is 25.8. The van der Waals surface area contributed by atoms with Crippen LogP contribution in [0.2, 0.25) is 0 Å². The smallest absolute Gasteiger partial charge is 0.271 e. The van der Waals surface area contributed by atoms with Gasteiger partial charge in [0, 0.05) is 6.07 Å². The third kappa shape index (κ3) is 4.01. The zero-order valence-electron chi connectivity index (χ0n) is 11.7. The van der Waals surface area contributed by atoms with Crippen LogP contribution in [0.25, 0.3) is 0 Å². The van der Waals surface area contributed by atoms with Gasteiger partial charge in [-0.2, -0.15) is 5.10 Å². The first-order valence-electron chi connectivity index (χ1n) is 6.39. The number of benzene rings is 2. The van der Waals surface area contributed by atoms with Gasteiger partial charge in [-0.1, -0.05) is 30.3 Å². The number of nitrogens with zero attached hydrogens (tertiary/aromatic N) is 3. The molecule has 1 N–H and O–H groups in total. The fourth-order valence-electron chi connectivity index (χ4n) is 1.81. The maximum absolute atomic E-state index is 11.0. The zero-order valence-corrected chi connectivity index (χ0v) is 12.4. The van der Waals surface area contributed by atoms with Crippen LogP contribution in [0.15, 0.2) is 53.6 Å². The molecule has 0 saturated heterocycles. The highest BCUT2D eigenvalue weighted by Crippen LogP contribution is 2.29. The first-order valence-corrected chi connectivity index (χ1v) is 6.93. The maximum Gasteiger partial charge on any atom is 0.301 e. The molecule has 9 heteroatoms. The van der Waals surface area contributed by atoms with Gasteiger partial charge < -0.3 is 0 Å². The molecule has 0 aliphatic carbocycles. The minimum absolute atomic E-state index is 0.0409. The van der Waals surface area contributed by atoms with Crippen molar-refractivity contribution in [2.45, 2.75) is 0 Å². The number of hydrogen-bond donors (Lipinski definition) is 1. The van der Waals surface area contributed by atoms with Gasteiger partial charge in [0.1, 0.15) is 5.69 Å². The summed E-state index contributed by atoms with van der Waals surface area (Å²) in [6.45, 7) is 0. The van der Waals surface area contributed by atoms with Crippen molar-refractivity contribution in [3.05, 3.63) is 74.3 Å². The largest absolute Gasteiger partial charge is 0.301 e. The van der Waals surface area contributed by atoms with E-state index >= 15 is 0 Å². The molecule has 0 aliphatic rings. The van der Waals surface area contributed by atoms with E-state index in [2.05, 4.69) is 10.5 Å². The maximum atomic E-state index is 11.0. The summed E-state index contributed by atoms with van der Waals surface area (Å²) in [6, 6.07) is 12.3. The second kappa shape index (κ2) is 7.32. The summed E-state index contributed by atoms with van der Waals surface area (Å²) in [5.41, 5.74) is 3.03. The Hall–Kier alpha value is -3.00. The van der Waals surface area contributed by atoms with Gasteiger partial charge >= 0.3 is 5.69 Å². The van der Waals surface area contributed by atoms with Crippen LogP contribution < -0.4 is 5.43 Å². The standard InChI is InChI=1S/C14H11ClN4O4/c15-9-13(10-4-2-1-3-5-10)17-16-12-7-6-11(18(20)21)8-14(12)19(22)23/h1-8,16H,9H2/b17-13-. The predicted octanol–water partition coefficient (Wildman–Crippen LogP) is 3.56. The molecule has 0 heterocycles. The van der Waals surface area contributed by atoms with E-state index in [-0.39, 0.29) is 17.3 Å². The second-order valence-electron chi connectivity index (χ2n) is 4.39. The molecule has 0 amide bonds. The number of hydrogen-bond acceptors (Lipinski definition) is 6. The minimum atomic E-state index is -0.715. The molecule has 0 unspecified atom stereocenters. The van der Waals surface area contributed by atoms with Crippen molar-refractivity contribution in [3.63, 3.8) is 0 Å². The number of nitrogens with one attached hydrogen (secondary N) is 1. The topological polar surface area (TPSA) is 111 Å². The molecule has 0 saturated carbocycles. The molecule has 0 bridgehead atoms. The van der Waals surface area contributed by atoms with E-state index in [0.29, 0.717) is 5.71 Å². The Labute approximate surface area is 135 Å². The molecule has 118 valence electrons. The third-order valence-electron chi connectivity index (χ3n) is 2.93. The fraction of sp³-hybridized carbons (Fsp3) is 0.0714. The SMILES string of the molecule is O=[N+]([O-])c1ccc(N/N=C(/CCl)c2ccccc2)c([N+](=O)[O-])c1. The van der Waals surface area contributed by atoms with Gasteiger partial charge in [0.15, 0.2) is 0 Å². The molecule has 2 aromatic rings. The predicted molar refractivity (Wildman–Crippen MR) is 87.1 cm³/mol. The van der Waals surface area contributed by atoms with Gasteiger partial charge in [-0.25, -0.2) is 0 Å². The van der Waals surface area contributed by atoms with Gasteiger partial charge in [-0.3, -0.25) is 25.7 Å². The quantitative estimate of drug-likeness (QED) is 0.376. The number of alkyl halides is 1. The number of rotatable bonds is 6. The lowest BCUT2D eigenvalue weighted by Crippen LogP contribution is -2.07. The minimum Gasteiger partial charge on any atom is -0.271 e. The Bertz CT molecular complexity index is 765. The first kappa shape index (κ1) is 16.4. The number of anilines is 1. The summed E-state index contributed by atoms with van der Waals surface area (Å²) >= 11 is 5.84. The molecule has 0 radical (unpaired) electrons. The van der Waals surface area contributed by atoms with Crippen molar-refractivity contribution in [3.8, 4) is 0 Å². The molecule has 2 aromatic carbocycles. The lowest BCUT2D eigenvalue weighted by atomic mass is 10.1. The molecule has 0 atom stereocenters. The van der Waals surface area contributed by atoms with E-state index in [1.54, 1.807) is 12.1 Å². The monoisotopic (exact) mass is 334 g/mol. The van der Waals surface area contributed by atoms with Crippen molar-refractivity contribution in [1.82, 2.24) is 0 Å². The van der Waals surface area contributed by atoms with Gasteiger partial charge in [0.05, 0.1) is 27.5 Å². The molecular weight excluding hydrogens is 324 g/mol. The number of non-ortho nitro benzene ring substituents is 1. The normalized spacial score (nSPS) is 11.1. The molecule has 2 rings (SSSR count). The Morgan fingerprint density at radius 2 is 1.78 bits per heavy atom. The van der Waals surface area contributed by atoms with E-state index in [0.717, 1.165) is 17.7 Å². The van der Waals surface area contributed by atoms with Crippen LogP contribution in [0.3, 0.4) is 0 Å². The van der Waals surface area contributed by atoms with Crippen LogP contribution in [-0.2, 0) is 0 Å². The van der Waals surface area contributed by atoms with Gasteiger partial charge in [-0.15, -0.1) is 11.6 Å². The lowest BCUT2D eigenvalue weighted by Gasteiger charge is -2.06. The van der Waals surface area contributed by atoms with Crippen molar-refractivity contribution in [2.24, 2.45) is 5.10 Å². The summed E-state index contributed by atoms with van der Waals surface area (Å²) in [6.07, 6.45) is 0. The van der Waals surface area contributed by atoms with Gasteiger partial charge in [0.25, 0.3) is 5.69 Å². The zero-order chi connectivity index (χ0) is 16.8. The molecule has 8 nitrogen and oxygen atoms in total. The highest BCUT2D eigenvalue weighted by molar-refractivity contribution is 6.31. The fourth-order valence-corrected chi connectivity index (χ4v) is 2.02. The van der Waals surface area contributed by atoms with Crippen molar-refractivity contribution >= 4 is 34.4 Å². The van der Waals surface area contributed by atoms with Crippen LogP contribution in [0.1, 0.15) is 5.56 Å². The molecule has 0 fully saturated rings. The van der Waals surface area contributed by atoms with Crippen molar-refractivity contribution in [1.29, 1.82) is 0 Å². The average molecular weight is 335 g/mol. The third-order valence-corrected chi connectivity index (χ3v) is 3.19. The Balaban J connectivity index is 2.33. The van der Waals surface area contributed by atoms with E-state index in [1.165, 1.54) is 6.07 Å². The highest BCUT2D eigenvalue weighted by Gasteiger charge is 2.19. The summed E-state index contributed by atoms with van der Waals surface area (Å²) in [4.78, 5) is 20.3. The van der Waals surface area contributed by atoms with Gasteiger partial charge in [0.2, 0.25) is 0 Å². The van der Waals surface area contributed by atoms with Crippen LogP contribution in [0.4, 0.5) is 17.1 Å². The number of nitro groups is 2.